The van der Waals surface area contributed by atoms with Gasteiger partial charge in [0.05, 0.1) is 0 Å². The van der Waals surface area contributed by atoms with Gasteiger partial charge in [0.2, 0.25) is 5.13 Å². The van der Waals surface area contributed by atoms with E-state index in [0.29, 0.717) is 6.61 Å². The lowest BCUT2D eigenvalue weighted by molar-refractivity contribution is 0.179. The first-order chi connectivity index (χ1) is 11.7. The van der Waals surface area contributed by atoms with Gasteiger partial charge in [0, 0.05) is 56.6 Å². The molecule has 9 heteroatoms. The van der Waals surface area contributed by atoms with Crippen molar-refractivity contribution in [1.82, 2.24) is 19.3 Å². The molecule has 2 aromatic rings. The van der Waals surface area contributed by atoms with Gasteiger partial charge in [-0.25, -0.2) is 15.0 Å². The zero-order chi connectivity index (χ0) is 16.9. The molecule has 1 aliphatic rings. The van der Waals surface area contributed by atoms with Crippen LogP contribution in [0.3, 0.4) is 0 Å². The Bertz CT molecular complexity index is 649. The van der Waals surface area contributed by atoms with E-state index in [-0.39, 0.29) is 0 Å². The number of hydrogen-bond donors (Lipinski definition) is 0. The van der Waals surface area contributed by atoms with Gasteiger partial charge in [-0.2, -0.15) is 4.37 Å². The summed E-state index contributed by atoms with van der Waals surface area (Å²) in [5.74, 6) is 1.79. The fourth-order valence-electron chi connectivity index (χ4n) is 2.58. The first kappa shape index (κ1) is 17.4. The number of aromatic nitrogens is 4. The van der Waals surface area contributed by atoms with Gasteiger partial charge < -0.3 is 14.5 Å². The van der Waals surface area contributed by atoms with E-state index >= 15 is 0 Å². The van der Waals surface area contributed by atoms with Crippen LogP contribution in [-0.4, -0.2) is 58.9 Å². The average Bonchev–Trinajstić information content (AvgIpc) is 3.10. The third-order valence-electron chi connectivity index (χ3n) is 3.89. The van der Waals surface area contributed by atoms with Gasteiger partial charge in [-0.1, -0.05) is 18.7 Å². The lowest BCUT2D eigenvalue weighted by atomic mass is 10.3. The fourth-order valence-corrected chi connectivity index (χ4v) is 3.70. The Labute approximate surface area is 150 Å². The summed E-state index contributed by atoms with van der Waals surface area (Å²) in [4.78, 5) is 18.3. The molecule has 1 aliphatic heterocycles. The SMILES string of the molecule is CCc1cc(N2CCN(c3nc(COC)ns3)CC2)nc(SC)n1. The number of methoxy groups -OCH3 is 1. The van der Waals surface area contributed by atoms with Crippen molar-refractivity contribution in [1.29, 1.82) is 0 Å². The van der Waals surface area contributed by atoms with E-state index in [1.165, 1.54) is 11.5 Å². The van der Waals surface area contributed by atoms with Crippen LogP contribution in [-0.2, 0) is 17.8 Å². The molecular weight excluding hydrogens is 344 g/mol. The van der Waals surface area contributed by atoms with Crippen LogP contribution in [0.4, 0.5) is 10.9 Å². The lowest BCUT2D eigenvalue weighted by Crippen LogP contribution is -2.47. The number of hydrogen-bond acceptors (Lipinski definition) is 9. The van der Waals surface area contributed by atoms with Crippen molar-refractivity contribution in [2.75, 3.05) is 49.3 Å². The minimum Gasteiger partial charge on any atom is -0.377 e. The first-order valence-electron chi connectivity index (χ1n) is 7.96. The molecule has 0 spiro atoms. The maximum atomic E-state index is 5.09. The standard InChI is InChI=1S/C15H22N6OS2/c1-4-11-9-13(18-14(16-11)23-3)20-5-7-21(8-6-20)15-17-12(10-22-2)19-24-15/h9H,4-8,10H2,1-3H3. The number of anilines is 2. The Morgan fingerprint density at radius 2 is 1.92 bits per heavy atom. The molecule has 1 saturated heterocycles. The summed E-state index contributed by atoms with van der Waals surface area (Å²) >= 11 is 3.04. The molecule has 24 heavy (non-hydrogen) atoms. The smallest absolute Gasteiger partial charge is 0.205 e. The third kappa shape index (κ3) is 3.96. The maximum Gasteiger partial charge on any atom is 0.205 e. The molecule has 0 aromatic carbocycles. The zero-order valence-corrected chi connectivity index (χ0v) is 15.9. The summed E-state index contributed by atoms with van der Waals surface area (Å²) < 4.78 is 9.42. The third-order valence-corrected chi connectivity index (χ3v) is 5.26. The molecule has 130 valence electrons. The van der Waals surface area contributed by atoms with Crippen LogP contribution in [0.15, 0.2) is 11.2 Å². The molecule has 0 amide bonds. The average molecular weight is 367 g/mol. The van der Waals surface area contributed by atoms with Crippen LogP contribution in [0.25, 0.3) is 0 Å². The van der Waals surface area contributed by atoms with Crippen LogP contribution >= 0.6 is 23.3 Å². The zero-order valence-electron chi connectivity index (χ0n) is 14.2. The highest BCUT2D eigenvalue weighted by Crippen LogP contribution is 2.23. The van der Waals surface area contributed by atoms with Crippen molar-refractivity contribution in [3.63, 3.8) is 0 Å². The minimum absolute atomic E-state index is 0.467. The number of rotatable bonds is 6. The van der Waals surface area contributed by atoms with Gasteiger partial charge in [0.25, 0.3) is 0 Å². The normalized spacial score (nSPS) is 15.1. The molecule has 0 N–H and O–H groups in total. The molecule has 7 nitrogen and oxygen atoms in total. The molecule has 0 radical (unpaired) electrons. The summed E-state index contributed by atoms with van der Waals surface area (Å²) in [5, 5.41) is 1.82. The molecule has 3 rings (SSSR count). The van der Waals surface area contributed by atoms with E-state index in [1.807, 2.05) is 6.26 Å². The van der Waals surface area contributed by atoms with Crippen molar-refractivity contribution in [3.05, 3.63) is 17.6 Å². The van der Waals surface area contributed by atoms with Crippen LogP contribution in [0.2, 0.25) is 0 Å². The first-order valence-corrected chi connectivity index (χ1v) is 9.96. The molecule has 2 aromatic heterocycles. The minimum atomic E-state index is 0.467. The molecular formula is C15H22N6OS2. The van der Waals surface area contributed by atoms with E-state index < -0.39 is 0 Å². The highest BCUT2D eigenvalue weighted by atomic mass is 32.2. The summed E-state index contributed by atoms with van der Waals surface area (Å²) in [7, 11) is 1.66. The fraction of sp³-hybridized carbons (Fsp3) is 0.600. The molecule has 0 atom stereocenters. The van der Waals surface area contributed by atoms with Gasteiger partial charge >= 0.3 is 0 Å². The Morgan fingerprint density at radius 1 is 1.17 bits per heavy atom. The van der Waals surface area contributed by atoms with E-state index in [1.54, 1.807) is 18.9 Å². The van der Waals surface area contributed by atoms with Gasteiger partial charge in [-0.15, -0.1) is 0 Å². The maximum absolute atomic E-state index is 5.09. The molecule has 0 bridgehead atoms. The summed E-state index contributed by atoms with van der Waals surface area (Å²) in [5.41, 5.74) is 1.10. The predicted octanol–water partition coefficient (Wildman–Crippen LogP) is 2.09. The number of ether oxygens (including phenoxy) is 1. The number of piperazine rings is 1. The lowest BCUT2D eigenvalue weighted by Gasteiger charge is -2.35. The van der Waals surface area contributed by atoms with Crippen LogP contribution < -0.4 is 9.80 Å². The molecule has 1 fully saturated rings. The number of aryl methyl sites for hydroxylation is 1. The van der Waals surface area contributed by atoms with Crippen molar-refractivity contribution in [2.24, 2.45) is 0 Å². The molecule has 0 saturated carbocycles. The van der Waals surface area contributed by atoms with Gasteiger partial charge in [0.15, 0.2) is 11.0 Å². The molecule has 0 aliphatic carbocycles. The molecule has 3 heterocycles. The number of thioether (sulfide) groups is 1. The van der Waals surface area contributed by atoms with Gasteiger partial charge in [0.1, 0.15) is 12.4 Å². The largest absolute Gasteiger partial charge is 0.377 e. The quantitative estimate of drug-likeness (QED) is 0.569. The Hall–Kier alpha value is -1.45. The van der Waals surface area contributed by atoms with E-state index in [2.05, 4.69) is 42.1 Å². The Kier molecular flexibility index (Phi) is 5.85. The van der Waals surface area contributed by atoms with Crippen LogP contribution in [0.1, 0.15) is 18.4 Å². The second-order valence-corrected chi connectivity index (χ2v) is 6.96. The highest BCUT2D eigenvalue weighted by molar-refractivity contribution is 7.98. The Balaban J connectivity index is 1.66. The van der Waals surface area contributed by atoms with Crippen molar-refractivity contribution < 1.29 is 4.74 Å². The van der Waals surface area contributed by atoms with Crippen molar-refractivity contribution in [3.8, 4) is 0 Å². The topological polar surface area (TPSA) is 67.3 Å². The molecule has 0 unspecified atom stereocenters. The van der Waals surface area contributed by atoms with Crippen LogP contribution in [0.5, 0.6) is 0 Å². The van der Waals surface area contributed by atoms with Gasteiger partial charge in [-0.05, 0) is 12.7 Å². The monoisotopic (exact) mass is 366 g/mol. The van der Waals surface area contributed by atoms with E-state index in [0.717, 1.165) is 60.2 Å². The highest BCUT2D eigenvalue weighted by Gasteiger charge is 2.21. The summed E-state index contributed by atoms with van der Waals surface area (Å²) in [6, 6.07) is 2.11. The second-order valence-electron chi connectivity index (χ2n) is 5.46. The summed E-state index contributed by atoms with van der Waals surface area (Å²) in [6.07, 6.45) is 2.94. The number of nitrogens with zero attached hydrogens (tertiary/aromatic N) is 6. The summed E-state index contributed by atoms with van der Waals surface area (Å²) in [6.45, 7) is 6.28. The predicted molar refractivity (Wildman–Crippen MR) is 98.2 cm³/mol. The van der Waals surface area contributed by atoms with Gasteiger partial charge in [-0.3, -0.25) is 0 Å². The van der Waals surface area contributed by atoms with Crippen molar-refractivity contribution >= 4 is 34.2 Å². The van der Waals surface area contributed by atoms with Crippen molar-refractivity contribution in [2.45, 2.75) is 25.1 Å². The second kappa shape index (κ2) is 8.09. The Morgan fingerprint density at radius 3 is 2.58 bits per heavy atom. The van der Waals surface area contributed by atoms with E-state index in [9.17, 15) is 0 Å². The van der Waals surface area contributed by atoms with Crippen LogP contribution in [0, 0.1) is 0 Å². The van der Waals surface area contributed by atoms with E-state index in [4.69, 9.17) is 4.74 Å².